The van der Waals surface area contributed by atoms with Crippen LogP contribution < -0.4 is 20.1 Å². The number of nitrogen functional groups attached to an aromatic ring is 1. The van der Waals surface area contributed by atoms with Gasteiger partial charge >= 0.3 is 0 Å². The first-order valence-electron chi connectivity index (χ1n) is 7.31. The van der Waals surface area contributed by atoms with E-state index in [4.69, 9.17) is 15.2 Å². The molecule has 0 bridgehead atoms. The number of hydrogen-bond acceptors (Lipinski definition) is 4. The van der Waals surface area contributed by atoms with Crippen LogP contribution in [0.3, 0.4) is 0 Å². The van der Waals surface area contributed by atoms with E-state index in [0.29, 0.717) is 6.61 Å². The Labute approximate surface area is 124 Å². The van der Waals surface area contributed by atoms with Crippen molar-refractivity contribution in [3.8, 4) is 11.5 Å². The summed E-state index contributed by atoms with van der Waals surface area (Å²) in [5.41, 5.74) is 10.5. The molecule has 0 aliphatic carbocycles. The predicted octanol–water partition coefficient (Wildman–Crippen LogP) is 2.95. The molecule has 0 fully saturated rings. The highest BCUT2D eigenvalue weighted by molar-refractivity contribution is 5.60. The molecular formula is C17H18N2O2. The molecule has 4 rings (SSSR count). The lowest BCUT2D eigenvalue weighted by molar-refractivity contribution is 0.297. The Morgan fingerprint density at radius 1 is 0.857 bits per heavy atom. The molecule has 0 atom stereocenters. The maximum absolute atomic E-state index is 5.87. The Bertz CT molecular complexity index is 684. The van der Waals surface area contributed by atoms with Gasteiger partial charge in [0.05, 0.1) is 13.2 Å². The fourth-order valence-electron chi connectivity index (χ4n) is 2.95. The van der Waals surface area contributed by atoms with Gasteiger partial charge in [0.2, 0.25) is 0 Å². The van der Waals surface area contributed by atoms with Gasteiger partial charge in [-0.05, 0) is 35.4 Å². The Balaban J connectivity index is 1.62. The van der Waals surface area contributed by atoms with Crippen molar-refractivity contribution in [2.75, 3.05) is 23.8 Å². The molecule has 2 aliphatic heterocycles. The van der Waals surface area contributed by atoms with Gasteiger partial charge in [0.25, 0.3) is 0 Å². The standard InChI is InChI=1S/C17H18N2O2/c18-14-3-2-12-10-19(11-13(12)8-14)15-4-5-16-17(9-15)21-7-1-6-20-16/h2-5,8-9H,1,6-7,10-11,18H2. The zero-order chi connectivity index (χ0) is 14.2. The molecule has 2 aromatic carbocycles. The third-order valence-electron chi connectivity index (χ3n) is 4.05. The minimum Gasteiger partial charge on any atom is -0.490 e. The van der Waals surface area contributed by atoms with Gasteiger partial charge in [0, 0.05) is 37.0 Å². The second kappa shape index (κ2) is 4.88. The van der Waals surface area contributed by atoms with E-state index in [0.717, 1.165) is 49.0 Å². The quantitative estimate of drug-likeness (QED) is 0.817. The van der Waals surface area contributed by atoms with Gasteiger partial charge < -0.3 is 20.1 Å². The summed E-state index contributed by atoms with van der Waals surface area (Å²) < 4.78 is 11.5. The SMILES string of the molecule is Nc1ccc2c(c1)CN(c1ccc3c(c1)OCCCO3)C2. The number of rotatable bonds is 1. The average molecular weight is 282 g/mol. The van der Waals surface area contributed by atoms with E-state index in [1.807, 2.05) is 12.1 Å². The van der Waals surface area contributed by atoms with Gasteiger partial charge in [0.1, 0.15) is 0 Å². The third kappa shape index (κ3) is 2.27. The smallest absolute Gasteiger partial charge is 0.163 e. The Hall–Kier alpha value is -2.36. The molecule has 4 nitrogen and oxygen atoms in total. The van der Waals surface area contributed by atoms with Crippen molar-refractivity contribution in [1.29, 1.82) is 0 Å². The summed E-state index contributed by atoms with van der Waals surface area (Å²) in [4.78, 5) is 2.33. The van der Waals surface area contributed by atoms with Crippen LogP contribution in [-0.4, -0.2) is 13.2 Å². The largest absolute Gasteiger partial charge is 0.490 e. The highest BCUT2D eigenvalue weighted by Crippen LogP contribution is 2.36. The molecule has 0 radical (unpaired) electrons. The lowest BCUT2D eigenvalue weighted by atomic mass is 10.1. The molecule has 108 valence electrons. The topological polar surface area (TPSA) is 47.7 Å². The number of anilines is 2. The minimum absolute atomic E-state index is 0.715. The molecule has 2 aliphatic rings. The summed E-state index contributed by atoms with van der Waals surface area (Å²) in [6.07, 6.45) is 0.929. The normalized spacial score (nSPS) is 16.5. The van der Waals surface area contributed by atoms with E-state index >= 15 is 0 Å². The molecule has 0 saturated carbocycles. The fraction of sp³-hybridized carbons (Fsp3) is 0.294. The number of nitrogens with zero attached hydrogens (tertiary/aromatic N) is 1. The molecule has 0 saturated heterocycles. The van der Waals surface area contributed by atoms with Crippen LogP contribution in [0.2, 0.25) is 0 Å². The Morgan fingerprint density at radius 3 is 2.57 bits per heavy atom. The molecule has 0 amide bonds. The van der Waals surface area contributed by atoms with Crippen LogP contribution in [0.5, 0.6) is 11.5 Å². The number of fused-ring (bicyclic) bond motifs is 2. The summed E-state index contributed by atoms with van der Waals surface area (Å²) in [6.45, 7) is 3.24. The minimum atomic E-state index is 0.715. The van der Waals surface area contributed by atoms with Gasteiger partial charge in [-0.25, -0.2) is 0 Å². The van der Waals surface area contributed by atoms with Gasteiger partial charge in [0.15, 0.2) is 11.5 Å². The van der Waals surface area contributed by atoms with Crippen molar-refractivity contribution in [3.63, 3.8) is 0 Å². The molecule has 2 N–H and O–H groups in total. The molecule has 0 unspecified atom stereocenters. The van der Waals surface area contributed by atoms with Gasteiger partial charge in [-0.1, -0.05) is 6.07 Å². The van der Waals surface area contributed by atoms with Crippen molar-refractivity contribution in [3.05, 3.63) is 47.5 Å². The highest BCUT2D eigenvalue weighted by atomic mass is 16.5. The van der Waals surface area contributed by atoms with E-state index in [1.165, 1.54) is 11.1 Å². The fourth-order valence-corrected chi connectivity index (χ4v) is 2.95. The zero-order valence-electron chi connectivity index (χ0n) is 11.8. The van der Waals surface area contributed by atoms with Gasteiger partial charge in [-0.15, -0.1) is 0 Å². The van der Waals surface area contributed by atoms with Crippen LogP contribution in [0.15, 0.2) is 36.4 Å². The van der Waals surface area contributed by atoms with Gasteiger partial charge in [-0.3, -0.25) is 0 Å². The van der Waals surface area contributed by atoms with Crippen LogP contribution in [0, 0.1) is 0 Å². The molecule has 2 heterocycles. The summed E-state index contributed by atoms with van der Waals surface area (Å²) in [7, 11) is 0. The number of ether oxygens (including phenoxy) is 2. The molecule has 2 aromatic rings. The molecule has 4 heteroatoms. The first-order valence-corrected chi connectivity index (χ1v) is 7.31. The van der Waals surface area contributed by atoms with Crippen molar-refractivity contribution in [2.45, 2.75) is 19.5 Å². The molecule has 21 heavy (non-hydrogen) atoms. The van der Waals surface area contributed by atoms with Crippen LogP contribution in [-0.2, 0) is 13.1 Å². The Morgan fingerprint density at radius 2 is 1.67 bits per heavy atom. The van der Waals surface area contributed by atoms with E-state index in [2.05, 4.69) is 29.2 Å². The number of hydrogen-bond donors (Lipinski definition) is 1. The lowest BCUT2D eigenvalue weighted by Crippen LogP contribution is -2.14. The van der Waals surface area contributed by atoms with Crippen molar-refractivity contribution < 1.29 is 9.47 Å². The molecular weight excluding hydrogens is 264 g/mol. The lowest BCUT2D eigenvalue weighted by Gasteiger charge is -2.19. The van der Waals surface area contributed by atoms with Gasteiger partial charge in [-0.2, -0.15) is 0 Å². The first kappa shape index (κ1) is 12.4. The summed E-state index contributed by atoms with van der Waals surface area (Å²) in [5, 5.41) is 0. The zero-order valence-corrected chi connectivity index (χ0v) is 11.8. The predicted molar refractivity (Wildman–Crippen MR) is 82.8 cm³/mol. The maximum atomic E-state index is 5.87. The second-order valence-corrected chi connectivity index (χ2v) is 5.57. The maximum Gasteiger partial charge on any atom is 0.163 e. The summed E-state index contributed by atoms with van der Waals surface area (Å²) in [5.74, 6) is 1.69. The van der Waals surface area contributed by atoms with Crippen LogP contribution in [0.1, 0.15) is 17.5 Å². The van der Waals surface area contributed by atoms with Crippen molar-refractivity contribution in [1.82, 2.24) is 0 Å². The molecule has 0 aromatic heterocycles. The highest BCUT2D eigenvalue weighted by Gasteiger charge is 2.21. The van der Waals surface area contributed by atoms with Crippen LogP contribution in [0.25, 0.3) is 0 Å². The average Bonchev–Trinajstić information content (AvgIpc) is 2.76. The van der Waals surface area contributed by atoms with Crippen molar-refractivity contribution in [2.24, 2.45) is 0 Å². The first-order chi connectivity index (χ1) is 10.3. The van der Waals surface area contributed by atoms with Crippen molar-refractivity contribution >= 4 is 11.4 Å². The van der Waals surface area contributed by atoms with E-state index in [-0.39, 0.29) is 0 Å². The summed E-state index contributed by atoms with van der Waals surface area (Å²) in [6, 6.07) is 12.3. The second-order valence-electron chi connectivity index (χ2n) is 5.57. The van der Waals surface area contributed by atoms with E-state index in [1.54, 1.807) is 0 Å². The Kier molecular flexibility index (Phi) is 2.88. The third-order valence-corrected chi connectivity index (χ3v) is 4.05. The number of benzene rings is 2. The monoisotopic (exact) mass is 282 g/mol. The van der Waals surface area contributed by atoms with Crippen LogP contribution in [0.4, 0.5) is 11.4 Å². The number of nitrogens with two attached hydrogens (primary N) is 1. The summed E-state index contributed by atoms with van der Waals surface area (Å²) >= 11 is 0. The van der Waals surface area contributed by atoms with Crippen LogP contribution >= 0.6 is 0 Å². The van der Waals surface area contributed by atoms with E-state index < -0.39 is 0 Å². The van der Waals surface area contributed by atoms with E-state index in [9.17, 15) is 0 Å². The molecule has 0 spiro atoms.